The molecule has 4 nitrogen and oxygen atoms in total. The second-order valence-corrected chi connectivity index (χ2v) is 4.91. The van der Waals surface area contributed by atoms with Crippen molar-refractivity contribution in [2.24, 2.45) is 0 Å². The first kappa shape index (κ1) is 15.2. The van der Waals surface area contributed by atoms with E-state index >= 15 is 0 Å². The summed E-state index contributed by atoms with van der Waals surface area (Å²) in [4.78, 5) is 12.9. The molecule has 0 spiro atoms. The van der Waals surface area contributed by atoms with Crippen LogP contribution in [0.4, 0.5) is 5.82 Å². The van der Waals surface area contributed by atoms with E-state index in [1.807, 2.05) is 0 Å². The van der Waals surface area contributed by atoms with Gasteiger partial charge in [-0.1, -0.05) is 18.5 Å². The van der Waals surface area contributed by atoms with Crippen LogP contribution in [0, 0.1) is 0 Å². The minimum atomic E-state index is 0.577. The molecule has 0 saturated carbocycles. The number of anilines is 1. The minimum Gasteiger partial charge on any atom is -0.356 e. The van der Waals surface area contributed by atoms with E-state index in [4.69, 9.17) is 11.6 Å². The molecular formula is C13H23ClN4. The average molecular weight is 271 g/mol. The highest BCUT2D eigenvalue weighted by atomic mass is 35.5. The summed E-state index contributed by atoms with van der Waals surface area (Å²) in [5.41, 5.74) is 1.05. The zero-order valence-corrected chi connectivity index (χ0v) is 12.5. The van der Waals surface area contributed by atoms with E-state index in [1.165, 1.54) is 0 Å². The molecule has 0 amide bonds. The lowest BCUT2D eigenvalue weighted by Crippen LogP contribution is -2.28. The van der Waals surface area contributed by atoms with Gasteiger partial charge in [-0.2, -0.15) is 0 Å². The van der Waals surface area contributed by atoms with Gasteiger partial charge in [-0.05, 0) is 40.4 Å². The van der Waals surface area contributed by atoms with Gasteiger partial charge in [-0.25, -0.2) is 9.97 Å². The highest BCUT2D eigenvalue weighted by molar-refractivity contribution is 6.30. The maximum Gasteiger partial charge on any atom is 0.137 e. The van der Waals surface area contributed by atoms with E-state index < -0.39 is 0 Å². The van der Waals surface area contributed by atoms with E-state index in [9.17, 15) is 0 Å². The van der Waals surface area contributed by atoms with Gasteiger partial charge in [-0.3, -0.25) is 0 Å². The van der Waals surface area contributed by atoms with E-state index in [2.05, 4.69) is 47.7 Å². The Bertz CT molecular complexity index is 368. The van der Waals surface area contributed by atoms with Crippen LogP contribution in [-0.4, -0.2) is 48.6 Å². The second kappa shape index (κ2) is 7.54. The van der Waals surface area contributed by atoms with E-state index in [0.717, 1.165) is 43.9 Å². The molecule has 0 saturated heterocycles. The van der Waals surface area contributed by atoms with Crippen molar-refractivity contribution in [2.45, 2.75) is 26.7 Å². The molecule has 0 aliphatic carbocycles. The molecule has 0 aliphatic heterocycles. The van der Waals surface area contributed by atoms with E-state index in [0.29, 0.717) is 5.15 Å². The van der Waals surface area contributed by atoms with Gasteiger partial charge < -0.3 is 9.80 Å². The van der Waals surface area contributed by atoms with Gasteiger partial charge >= 0.3 is 0 Å². The lowest BCUT2D eigenvalue weighted by atomic mass is 10.2. The van der Waals surface area contributed by atoms with Crippen LogP contribution in [0.25, 0.3) is 0 Å². The molecule has 1 aromatic heterocycles. The third-order valence-corrected chi connectivity index (χ3v) is 3.26. The van der Waals surface area contributed by atoms with Crippen molar-refractivity contribution >= 4 is 17.4 Å². The molecule has 0 N–H and O–H groups in total. The fourth-order valence-corrected chi connectivity index (χ4v) is 2.21. The van der Waals surface area contributed by atoms with Crippen molar-refractivity contribution in [3.05, 3.63) is 17.0 Å². The van der Waals surface area contributed by atoms with Crippen LogP contribution in [0.5, 0.6) is 0 Å². The van der Waals surface area contributed by atoms with Crippen LogP contribution in [0.3, 0.4) is 0 Å². The Morgan fingerprint density at radius 1 is 1.17 bits per heavy atom. The summed E-state index contributed by atoms with van der Waals surface area (Å²) < 4.78 is 0. The predicted molar refractivity (Wildman–Crippen MR) is 77.5 cm³/mol. The summed E-state index contributed by atoms with van der Waals surface area (Å²) in [7, 11) is 4.19. The molecule has 0 atom stereocenters. The highest BCUT2D eigenvalue weighted by Crippen LogP contribution is 2.23. The zero-order chi connectivity index (χ0) is 13.5. The molecule has 5 heteroatoms. The molecular weight excluding hydrogens is 248 g/mol. The summed E-state index contributed by atoms with van der Waals surface area (Å²) in [5.74, 6) is 0.985. The van der Waals surface area contributed by atoms with Crippen molar-refractivity contribution in [1.82, 2.24) is 14.9 Å². The van der Waals surface area contributed by atoms with Crippen LogP contribution < -0.4 is 4.90 Å². The summed E-state index contributed by atoms with van der Waals surface area (Å²) in [6.45, 7) is 7.24. The van der Waals surface area contributed by atoms with Crippen LogP contribution in [-0.2, 0) is 6.42 Å². The van der Waals surface area contributed by atoms with Gasteiger partial charge in [0, 0.05) is 18.7 Å². The Labute approximate surface area is 115 Å². The SMILES string of the molecule is CCc1c(Cl)ncnc1N(CC)CCCN(C)C. The molecule has 0 unspecified atom stereocenters. The minimum absolute atomic E-state index is 0.577. The number of aromatic nitrogens is 2. The average Bonchev–Trinajstić information content (AvgIpc) is 2.34. The van der Waals surface area contributed by atoms with Crippen LogP contribution >= 0.6 is 11.6 Å². The molecule has 1 rings (SSSR count). The molecule has 0 radical (unpaired) electrons. The quantitative estimate of drug-likeness (QED) is 0.713. The lowest BCUT2D eigenvalue weighted by molar-refractivity contribution is 0.400. The number of hydrogen-bond donors (Lipinski definition) is 0. The van der Waals surface area contributed by atoms with Gasteiger partial charge in [0.25, 0.3) is 0 Å². The van der Waals surface area contributed by atoms with Gasteiger partial charge in [0.05, 0.1) is 0 Å². The molecule has 0 bridgehead atoms. The smallest absolute Gasteiger partial charge is 0.137 e. The highest BCUT2D eigenvalue weighted by Gasteiger charge is 2.13. The fraction of sp³-hybridized carbons (Fsp3) is 0.692. The van der Waals surface area contributed by atoms with Gasteiger partial charge in [-0.15, -0.1) is 0 Å². The Morgan fingerprint density at radius 2 is 1.89 bits per heavy atom. The summed E-state index contributed by atoms with van der Waals surface area (Å²) in [5, 5.41) is 0.577. The first-order valence-corrected chi connectivity index (χ1v) is 6.87. The van der Waals surface area contributed by atoms with Gasteiger partial charge in [0.15, 0.2) is 0 Å². The van der Waals surface area contributed by atoms with E-state index in [1.54, 1.807) is 6.33 Å². The number of nitrogens with zero attached hydrogens (tertiary/aromatic N) is 4. The molecule has 18 heavy (non-hydrogen) atoms. The van der Waals surface area contributed by atoms with Crippen LogP contribution in [0.15, 0.2) is 6.33 Å². The Balaban J connectivity index is 2.78. The molecule has 0 aliphatic rings. The normalized spacial score (nSPS) is 11.0. The van der Waals surface area contributed by atoms with Crippen LogP contribution in [0.2, 0.25) is 5.15 Å². The van der Waals surface area contributed by atoms with Gasteiger partial charge in [0.2, 0.25) is 0 Å². The molecule has 0 fully saturated rings. The first-order valence-electron chi connectivity index (χ1n) is 6.49. The topological polar surface area (TPSA) is 32.3 Å². The predicted octanol–water partition coefficient (Wildman–Crippen LogP) is 2.47. The van der Waals surface area contributed by atoms with Crippen molar-refractivity contribution in [2.75, 3.05) is 38.6 Å². The number of rotatable bonds is 7. The maximum absolute atomic E-state index is 6.13. The lowest BCUT2D eigenvalue weighted by Gasteiger charge is -2.25. The molecule has 0 aromatic carbocycles. The third-order valence-electron chi connectivity index (χ3n) is 2.94. The van der Waals surface area contributed by atoms with Crippen molar-refractivity contribution in [3.63, 3.8) is 0 Å². The second-order valence-electron chi connectivity index (χ2n) is 4.56. The molecule has 102 valence electrons. The summed E-state index contributed by atoms with van der Waals surface area (Å²) >= 11 is 6.13. The Morgan fingerprint density at radius 3 is 2.44 bits per heavy atom. The fourth-order valence-electron chi connectivity index (χ4n) is 1.95. The van der Waals surface area contributed by atoms with Crippen molar-refractivity contribution in [3.8, 4) is 0 Å². The standard InChI is InChI=1S/C13H23ClN4/c1-5-11-12(14)15-10-16-13(11)18(6-2)9-7-8-17(3)4/h10H,5-9H2,1-4H3. The zero-order valence-electron chi connectivity index (χ0n) is 11.8. The summed E-state index contributed by atoms with van der Waals surface area (Å²) in [6, 6.07) is 0. The maximum atomic E-state index is 6.13. The molecule has 1 heterocycles. The third kappa shape index (κ3) is 4.10. The van der Waals surface area contributed by atoms with Crippen molar-refractivity contribution in [1.29, 1.82) is 0 Å². The number of halogens is 1. The Kier molecular flexibility index (Phi) is 6.36. The van der Waals surface area contributed by atoms with Gasteiger partial charge in [0.1, 0.15) is 17.3 Å². The number of hydrogen-bond acceptors (Lipinski definition) is 4. The van der Waals surface area contributed by atoms with Crippen LogP contribution in [0.1, 0.15) is 25.8 Å². The van der Waals surface area contributed by atoms with E-state index in [-0.39, 0.29) is 0 Å². The molecule has 1 aromatic rings. The largest absolute Gasteiger partial charge is 0.356 e. The first-order chi connectivity index (χ1) is 8.60. The summed E-state index contributed by atoms with van der Waals surface area (Å²) in [6.07, 6.45) is 3.52. The Hall–Kier alpha value is -0.870. The van der Waals surface area contributed by atoms with Crippen molar-refractivity contribution < 1.29 is 0 Å². The monoisotopic (exact) mass is 270 g/mol.